The van der Waals surface area contributed by atoms with Gasteiger partial charge in [0.25, 0.3) is 0 Å². The Hall–Kier alpha value is -1.58. The maximum Gasteiger partial charge on any atom is 0.310 e. The first-order valence-electron chi connectivity index (χ1n) is 14.1. The number of fused-ring (bicyclic) bond motifs is 8. The van der Waals surface area contributed by atoms with Gasteiger partial charge in [0, 0.05) is 11.0 Å². The highest BCUT2D eigenvalue weighted by molar-refractivity contribution is 5.76. The Morgan fingerprint density at radius 1 is 1.00 bits per heavy atom. The summed E-state index contributed by atoms with van der Waals surface area (Å²) >= 11 is 0. The van der Waals surface area contributed by atoms with E-state index in [0.717, 1.165) is 50.7 Å². The molecule has 4 nitrogen and oxygen atoms in total. The molecule has 35 heavy (non-hydrogen) atoms. The first kappa shape index (κ1) is 23.8. The van der Waals surface area contributed by atoms with E-state index in [1.165, 1.54) is 24.0 Å². The summed E-state index contributed by atoms with van der Waals surface area (Å²) in [5.74, 6) is 1.90. The molecule has 1 heterocycles. The largest absolute Gasteiger partial charge is 0.481 e. The van der Waals surface area contributed by atoms with Gasteiger partial charge in [-0.15, -0.1) is 0 Å². The number of hydrogen-bond donors (Lipinski definition) is 1. The summed E-state index contributed by atoms with van der Waals surface area (Å²) in [5, 5.41) is 14.8. The van der Waals surface area contributed by atoms with Crippen molar-refractivity contribution in [2.45, 2.75) is 112 Å². The number of aliphatic carboxylic acids is 1. The molecule has 1 aromatic rings. The molecule has 1 aromatic heterocycles. The van der Waals surface area contributed by atoms with Crippen LogP contribution in [0.3, 0.4) is 0 Å². The fraction of sp³-hybridized carbons (Fsp3) is 0.806. The molecule has 3 saturated carbocycles. The highest BCUT2D eigenvalue weighted by Gasteiger charge is 2.69. The summed E-state index contributed by atoms with van der Waals surface area (Å²) < 4.78 is 5.83. The molecule has 7 atom stereocenters. The Kier molecular flexibility index (Phi) is 4.65. The van der Waals surface area contributed by atoms with E-state index in [4.69, 9.17) is 4.52 Å². The van der Waals surface area contributed by atoms with E-state index in [9.17, 15) is 9.90 Å². The van der Waals surface area contributed by atoms with Gasteiger partial charge in [0.15, 0.2) is 0 Å². The predicted octanol–water partition coefficient (Wildman–Crippen LogP) is 7.57. The van der Waals surface area contributed by atoms with Crippen molar-refractivity contribution in [2.24, 2.45) is 44.8 Å². The number of hydrogen-bond acceptors (Lipinski definition) is 3. The average molecular weight is 480 g/mol. The van der Waals surface area contributed by atoms with Crippen LogP contribution in [0.15, 0.2) is 22.4 Å². The Bertz CT molecular complexity index is 1110. The number of nitrogens with zero attached hydrogens (tertiary/aromatic N) is 1. The highest BCUT2D eigenvalue weighted by atomic mass is 16.5. The first-order chi connectivity index (χ1) is 16.2. The first-order valence-corrected chi connectivity index (χ1v) is 14.1. The van der Waals surface area contributed by atoms with Gasteiger partial charge in [-0.2, -0.15) is 0 Å². The van der Waals surface area contributed by atoms with E-state index < -0.39 is 11.4 Å². The molecule has 0 aliphatic heterocycles. The van der Waals surface area contributed by atoms with E-state index in [0.29, 0.717) is 11.8 Å². The number of aromatic nitrogens is 1. The van der Waals surface area contributed by atoms with Crippen molar-refractivity contribution in [3.05, 3.63) is 29.2 Å². The van der Waals surface area contributed by atoms with Crippen molar-refractivity contribution in [1.82, 2.24) is 5.16 Å². The monoisotopic (exact) mass is 479 g/mol. The van der Waals surface area contributed by atoms with Crippen molar-refractivity contribution in [2.75, 3.05) is 0 Å². The van der Waals surface area contributed by atoms with E-state index in [-0.39, 0.29) is 33.0 Å². The van der Waals surface area contributed by atoms with Crippen LogP contribution >= 0.6 is 0 Å². The van der Waals surface area contributed by atoms with Crippen LogP contribution in [0, 0.1) is 44.8 Å². The van der Waals surface area contributed by atoms with Gasteiger partial charge in [0.1, 0.15) is 5.76 Å². The van der Waals surface area contributed by atoms with Crippen molar-refractivity contribution in [3.63, 3.8) is 0 Å². The maximum absolute atomic E-state index is 12.8. The SMILES string of the molecule is CC1(C)CC[C@]2(C(=O)O)CC[C@]3(C)C(=CCC4[C@@]5(C)Cc6cnoc6C(C)(C)C5CC[C@]43C)[C@@H]2C1. The number of rotatable bonds is 1. The lowest BCUT2D eigenvalue weighted by molar-refractivity contribution is -0.177. The molecule has 1 N–H and O–H groups in total. The van der Waals surface area contributed by atoms with Gasteiger partial charge >= 0.3 is 5.97 Å². The van der Waals surface area contributed by atoms with Crippen LogP contribution in [-0.4, -0.2) is 16.2 Å². The minimum absolute atomic E-state index is 0.0104. The fourth-order valence-corrected chi connectivity index (χ4v) is 10.9. The third-order valence-corrected chi connectivity index (χ3v) is 13.0. The molecule has 4 heteroatoms. The maximum atomic E-state index is 12.8. The molecule has 0 bridgehead atoms. The summed E-state index contributed by atoms with van der Waals surface area (Å²) in [4.78, 5) is 12.8. The van der Waals surface area contributed by atoms with Crippen molar-refractivity contribution < 1.29 is 14.4 Å². The van der Waals surface area contributed by atoms with Gasteiger partial charge in [-0.1, -0.05) is 65.3 Å². The van der Waals surface area contributed by atoms with E-state index in [1.807, 2.05) is 6.20 Å². The van der Waals surface area contributed by atoms with Gasteiger partial charge in [0.05, 0.1) is 11.6 Å². The second kappa shape index (κ2) is 6.84. The molecular formula is C31H45NO3. The lowest BCUT2D eigenvalue weighted by Gasteiger charge is -2.70. The topological polar surface area (TPSA) is 63.3 Å². The van der Waals surface area contributed by atoms with E-state index in [2.05, 4.69) is 59.7 Å². The molecular weight excluding hydrogens is 434 g/mol. The summed E-state index contributed by atoms with van der Waals surface area (Å²) in [7, 11) is 0. The van der Waals surface area contributed by atoms with Gasteiger partial charge in [-0.3, -0.25) is 4.79 Å². The Labute approximate surface area is 211 Å². The molecule has 0 aromatic carbocycles. The zero-order valence-corrected chi connectivity index (χ0v) is 23.0. The average Bonchev–Trinajstić information content (AvgIpc) is 3.22. The normalized spacial score (nSPS) is 47.3. The zero-order valence-electron chi connectivity index (χ0n) is 23.0. The predicted molar refractivity (Wildman–Crippen MR) is 137 cm³/mol. The van der Waals surface area contributed by atoms with Crippen molar-refractivity contribution in [3.8, 4) is 0 Å². The number of allylic oxidation sites excluding steroid dienone is 2. The lowest BCUT2D eigenvalue weighted by Crippen LogP contribution is -2.64. The van der Waals surface area contributed by atoms with Crippen LogP contribution in [0.5, 0.6) is 0 Å². The van der Waals surface area contributed by atoms with Crippen LogP contribution in [0.4, 0.5) is 0 Å². The quantitative estimate of drug-likeness (QED) is 0.422. The van der Waals surface area contributed by atoms with Gasteiger partial charge in [0.2, 0.25) is 0 Å². The number of carbonyl (C=O) groups is 1. The molecule has 2 unspecified atom stereocenters. The smallest absolute Gasteiger partial charge is 0.310 e. The third-order valence-electron chi connectivity index (χ3n) is 13.0. The van der Waals surface area contributed by atoms with Crippen molar-refractivity contribution in [1.29, 1.82) is 0 Å². The molecule has 0 radical (unpaired) electrons. The molecule has 5 aliphatic rings. The number of carboxylic acid groups (broad SMARTS) is 1. The van der Waals surface area contributed by atoms with Crippen LogP contribution < -0.4 is 0 Å². The van der Waals surface area contributed by atoms with Crippen LogP contribution in [0.1, 0.15) is 111 Å². The van der Waals surface area contributed by atoms with Crippen LogP contribution in [0.25, 0.3) is 0 Å². The van der Waals surface area contributed by atoms with Gasteiger partial charge in [-0.05, 0) is 97.2 Å². The highest BCUT2D eigenvalue weighted by Crippen LogP contribution is 2.75. The molecule has 5 aliphatic carbocycles. The molecule has 0 amide bonds. The van der Waals surface area contributed by atoms with E-state index >= 15 is 0 Å². The lowest BCUT2D eigenvalue weighted by atomic mass is 9.34. The third kappa shape index (κ3) is 2.75. The summed E-state index contributed by atoms with van der Waals surface area (Å²) in [5.41, 5.74) is 2.90. The van der Waals surface area contributed by atoms with Gasteiger partial charge < -0.3 is 9.63 Å². The molecule has 0 spiro atoms. The Morgan fingerprint density at radius 3 is 2.43 bits per heavy atom. The minimum Gasteiger partial charge on any atom is -0.481 e. The molecule has 6 rings (SSSR count). The van der Waals surface area contributed by atoms with E-state index in [1.54, 1.807) is 0 Å². The molecule has 192 valence electrons. The molecule has 3 fully saturated rings. The molecule has 0 saturated heterocycles. The van der Waals surface area contributed by atoms with Crippen LogP contribution in [-0.2, 0) is 16.6 Å². The summed E-state index contributed by atoms with van der Waals surface area (Å²) in [6, 6.07) is 0. The van der Waals surface area contributed by atoms with Crippen molar-refractivity contribution >= 4 is 5.97 Å². The second-order valence-corrected chi connectivity index (χ2v) is 15.3. The fourth-order valence-electron chi connectivity index (χ4n) is 10.9. The summed E-state index contributed by atoms with van der Waals surface area (Å²) in [6.07, 6.45) is 13.8. The second-order valence-electron chi connectivity index (χ2n) is 15.3. The summed E-state index contributed by atoms with van der Waals surface area (Å²) in [6.45, 7) is 17.1. The number of carboxylic acids is 1. The Balaban J connectivity index is 1.47. The van der Waals surface area contributed by atoms with Crippen LogP contribution in [0.2, 0.25) is 0 Å². The Morgan fingerprint density at radius 2 is 1.71 bits per heavy atom. The van der Waals surface area contributed by atoms with Gasteiger partial charge in [-0.25, -0.2) is 0 Å². The zero-order chi connectivity index (χ0) is 25.2. The standard InChI is InChI=1S/C31H45NO3/c1-26(2)12-14-31(25(33)34)15-13-29(6)20(21(31)17-26)8-9-23-28(5)16-19-18-32-35-24(19)27(3,4)22(28)10-11-30(23,29)7/h8,18,21-23H,9-17H2,1-7H3,(H,33,34)/t21-,22?,23?,28-,29+,30+,31-/m0/s1. The minimum atomic E-state index is -0.560.